The summed E-state index contributed by atoms with van der Waals surface area (Å²) < 4.78 is 5.42. The van der Waals surface area contributed by atoms with Gasteiger partial charge in [-0.15, -0.1) is 11.6 Å². The van der Waals surface area contributed by atoms with Crippen LogP contribution in [0.15, 0.2) is 0 Å². The Hall–Kier alpha value is 0.250. The van der Waals surface area contributed by atoms with Crippen molar-refractivity contribution in [3.63, 3.8) is 0 Å². The first-order valence-corrected chi connectivity index (χ1v) is 6.50. The van der Waals surface area contributed by atoms with E-state index in [1.165, 1.54) is 44.9 Å². The summed E-state index contributed by atoms with van der Waals surface area (Å²) in [5.41, 5.74) is 0. The lowest BCUT2D eigenvalue weighted by molar-refractivity contribution is 0.178. The van der Waals surface area contributed by atoms with Gasteiger partial charge in [0.25, 0.3) is 0 Å². The molecule has 1 saturated heterocycles. The maximum Gasteiger partial charge on any atom is 0.0495 e. The largest absolute Gasteiger partial charge is 0.381 e. The van der Waals surface area contributed by atoms with Gasteiger partial charge in [-0.05, 0) is 37.5 Å². The number of rotatable bonds is 2. The van der Waals surface area contributed by atoms with Gasteiger partial charge >= 0.3 is 0 Å². The molecule has 0 aromatic heterocycles. The Bertz CT molecular complexity index is 166. The van der Waals surface area contributed by atoms with Gasteiger partial charge in [0.05, 0.1) is 0 Å². The highest BCUT2D eigenvalue weighted by Crippen LogP contribution is 2.32. The predicted molar refractivity (Wildman–Crippen MR) is 59.8 cm³/mol. The molecule has 14 heavy (non-hydrogen) atoms. The second-order valence-electron chi connectivity index (χ2n) is 4.95. The molecule has 1 heterocycles. The summed E-state index contributed by atoms with van der Waals surface area (Å²) in [5.74, 6) is 1.72. The van der Waals surface area contributed by atoms with Gasteiger partial charge in [-0.25, -0.2) is 0 Å². The van der Waals surface area contributed by atoms with Crippen molar-refractivity contribution in [2.45, 2.75) is 50.3 Å². The Balaban J connectivity index is 1.77. The lowest BCUT2D eigenvalue weighted by atomic mass is 9.88. The Kier molecular flexibility index (Phi) is 4.12. The second-order valence-corrected chi connectivity index (χ2v) is 5.57. The number of alkyl halides is 1. The summed E-state index contributed by atoms with van der Waals surface area (Å²) in [6, 6.07) is 0. The molecule has 1 saturated carbocycles. The Morgan fingerprint density at radius 3 is 2.71 bits per heavy atom. The van der Waals surface area contributed by atoms with Crippen molar-refractivity contribution in [2.75, 3.05) is 13.2 Å². The van der Waals surface area contributed by atoms with Gasteiger partial charge in [-0.2, -0.15) is 0 Å². The van der Waals surface area contributed by atoms with Crippen LogP contribution in [0.4, 0.5) is 0 Å². The third-order valence-electron chi connectivity index (χ3n) is 3.66. The minimum absolute atomic E-state index is 0.449. The maximum absolute atomic E-state index is 6.27. The van der Waals surface area contributed by atoms with E-state index in [9.17, 15) is 0 Å². The van der Waals surface area contributed by atoms with E-state index in [1.807, 2.05) is 0 Å². The van der Waals surface area contributed by atoms with E-state index >= 15 is 0 Å². The maximum atomic E-state index is 6.27. The second kappa shape index (κ2) is 5.37. The minimum Gasteiger partial charge on any atom is -0.381 e. The Labute approximate surface area is 92.2 Å². The Morgan fingerprint density at radius 1 is 1.07 bits per heavy atom. The summed E-state index contributed by atoms with van der Waals surface area (Å²) in [4.78, 5) is 0. The summed E-state index contributed by atoms with van der Waals surface area (Å²) in [5, 5.41) is 0.449. The molecule has 3 atom stereocenters. The van der Waals surface area contributed by atoms with Gasteiger partial charge in [-0.1, -0.05) is 19.3 Å². The average Bonchev–Trinajstić information content (AvgIpc) is 2.56. The lowest BCUT2D eigenvalue weighted by Gasteiger charge is -2.18. The molecule has 0 amide bonds. The monoisotopic (exact) mass is 216 g/mol. The smallest absolute Gasteiger partial charge is 0.0495 e. The minimum atomic E-state index is 0.449. The van der Waals surface area contributed by atoms with Gasteiger partial charge in [-0.3, -0.25) is 0 Å². The van der Waals surface area contributed by atoms with E-state index in [0.29, 0.717) is 5.38 Å². The van der Waals surface area contributed by atoms with Crippen LogP contribution in [-0.4, -0.2) is 18.6 Å². The van der Waals surface area contributed by atoms with Gasteiger partial charge in [0.15, 0.2) is 0 Å². The van der Waals surface area contributed by atoms with Crippen molar-refractivity contribution in [3.8, 4) is 0 Å². The third-order valence-corrected chi connectivity index (χ3v) is 4.06. The van der Waals surface area contributed by atoms with E-state index < -0.39 is 0 Å². The zero-order valence-corrected chi connectivity index (χ0v) is 9.64. The summed E-state index contributed by atoms with van der Waals surface area (Å²) in [7, 11) is 0. The van der Waals surface area contributed by atoms with E-state index in [1.54, 1.807) is 0 Å². The highest BCUT2D eigenvalue weighted by atomic mass is 35.5. The fourth-order valence-corrected chi connectivity index (χ4v) is 3.26. The van der Waals surface area contributed by atoms with E-state index in [4.69, 9.17) is 16.3 Å². The van der Waals surface area contributed by atoms with Gasteiger partial charge in [0.2, 0.25) is 0 Å². The highest BCUT2D eigenvalue weighted by Gasteiger charge is 2.24. The molecule has 0 bridgehead atoms. The first-order valence-electron chi connectivity index (χ1n) is 6.06. The zero-order valence-electron chi connectivity index (χ0n) is 8.88. The highest BCUT2D eigenvalue weighted by molar-refractivity contribution is 6.20. The molecular weight excluding hydrogens is 196 g/mol. The molecular formula is C12H21ClO. The Morgan fingerprint density at radius 2 is 1.93 bits per heavy atom. The van der Waals surface area contributed by atoms with E-state index in [2.05, 4.69) is 0 Å². The number of ether oxygens (including phenoxy) is 1. The van der Waals surface area contributed by atoms with Crippen molar-refractivity contribution < 1.29 is 4.74 Å². The van der Waals surface area contributed by atoms with Crippen LogP contribution in [0.3, 0.4) is 0 Å². The molecule has 2 aliphatic rings. The normalized spacial score (nSPS) is 39.6. The average molecular weight is 217 g/mol. The molecule has 1 nitrogen and oxygen atoms in total. The van der Waals surface area contributed by atoms with Crippen LogP contribution in [0.5, 0.6) is 0 Å². The van der Waals surface area contributed by atoms with E-state index in [-0.39, 0.29) is 0 Å². The summed E-state index contributed by atoms with van der Waals surface area (Å²) >= 11 is 6.27. The van der Waals surface area contributed by atoms with Gasteiger partial charge in [0.1, 0.15) is 0 Å². The van der Waals surface area contributed by atoms with Crippen LogP contribution >= 0.6 is 11.6 Å². The number of hydrogen-bond donors (Lipinski definition) is 0. The molecule has 0 aromatic rings. The molecule has 2 rings (SSSR count). The first kappa shape index (κ1) is 10.8. The molecule has 0 aromatic carbocycles. The summed E-state index contributed by atoms with van der Waals surface area (Å²) in [6.45, 7) is 1.99. The molecule has 0 N–H and O–H groups in total. The standard InChI is InChI=1S/C12H21ClO/c13-12-4-2-1-3-10(8-12)7-11-5-6-14-9-11/h10-12H,1-9H2. The predicted octanol–water partition coefficient (Wildman–Crippen LogP) is 3.60. The van der Waals surface area contributed by atoms with Crippen LogP contribution in [-0.2, 0) is 4.74 Å². The van der Waals surface area contributed by atoms with Crippen molar-refractivity contribution in [1.29, 1.82) is 0 Å². The van der Waals surface area contributed by atoms with Crippen molar-refractivity contribution in [2.24, 2.45) is 11.8 Å². The third kappa shape index (κ3) is 3.13. The molecule has 0 radical (unpaired) electrons. The zero-order chi connectivity index (χ0) is 9.80. The molecule has 3 unspecified atom stereocenters. The molecule has 1 aliphatic carbocycles. The van der Waals surface area contributed by atoms with Crippen LogP contribution in [0.1, 0.15) is 44.9 Å². The van der Waals surface area contributed by atoms with Crippen molar-refractivity contribution in [3.05, 3.63) is 0 Å². The topological polar surface area (TPSA) is 9.23 Å². The number of halogens is 1. The van der Waals surface area contributed by atoms with Crippen molar-refractivity contribution >= 4 is 11.6 Å². The lowest BCUT2D eigenvalue weighted by Crippen LogP contribution is -2.11. The summed E-state index contributed by atoms with van der Waals surface area (Å²) in [6.07, 6.45) is 9.26. The molecule has 82 valence electrons. The quantitative estimate of drug-likeness (QED) is 0.506. The molecule has 0 spiro atoms. The fraction of sp³-hybridized carbons (Fsp3) is 1.00. The van der Waals surface area contributed by atoms with Gasteiger partial charge in [0, 0.05) is 18.6 Å². The van der Waals surface area contributed by atoms with Crippen LogP contribution in [0.2, 0.25) is 0 Å². The molecule has 2 fully saturated rings. The van der Waals surface area contributed by atoms with Crippen LogP contribution < -0.4 is 0 Å². The first-order chi connectivity index (χ1) is 6.84. The van der Waals surface area contributed by atoms with Crippen molar-refractivity contribution in [1.82, 2.24) is 0 Å². The van der Waals surface area contributed by atoms with E-state index in [0.717, 1.165) is 25.0 Å². The van der Waals surface area contributed by atoms with Crippen LogP contribution in [0, 0.1) is 11.8 Å². The fourth-order valence-electron chi connectivity index (χ4n) is 2.85. The molecule has 2 heteroatoms. The van der Waals surface area contributed by atoms with Crippen LogP contribution in [0.25, 0.3) is 0 Å². The van der Waals surface area contributed by atoms with Gasteiger partial charge < -0.3 is 4.74 Å². The number of hydrogen-bond acceptors (Lipinski definition) is 1. The SMILES string of the molecule is ClC1CCCCC(CC2CCOC2)C1. The molecule has 1 aliphatic heterocycles.